The molecule has 0 spiro atoms. The monoisotopic (exact) mass is 373 g/mol. The molecule has 0 atom stereocenters. The second kappa shape index (κ2) is 7.66. The summed E-state index contributed by atoms with van der Waals surface area (Å²) in [5.41, 5.74) is 0. The lowest BCUT2D eigenvalue weighted by molar-refractivity contribution is 0.0338. The highest BCUT2D eigenvalue weighted by atomic mass is 79.9. The maximum Gasteiger partial charge on any atom is 0.329 e. The number of imide groups is 1. The van der Waals surface area contributed by atoms with Gasteiger partial charge in [0.15, 0.2) is 0 Å². The van der Waals surface area contributed by atoms with E-state index in [0.717, 1.165) is 25.7 Å². The number of hydrogen-bond acceptors (Lipinski definition) is 2. The summed E-state index contributed by atoms with van der Waals surface area (Å²) in [6.07, 6.45) is 11.7. The van der Waals surface area contributed by atoms with Gasteiger partial charge in [-0.15, -0.1) is 17.0 Å². The van der Waals surface area contributed by atoms with Gasteiger partial charge in [0.25, 0.3) is 0 Å². The van der Waals surface area contributed by atoms with Gasteiger partial charge in [0.1, 0.15) is 0 Å². The lowest BCUT2D eigenvalue weighted by atomic mass is 9.93. The number of urea groups is 2. The summed E-state index contributed by atoms with van der Waals surface area (Å²) in [4.78, 5) is 30.2. The Bertz CT molecular complexity index is 370. The first-order valence-electron chi connectivity index (χ1n) is 8.53. The van der Waals surface area contributed by atoms with Gasteiger partial charge in [-0.2, -0.15) is 0 Å². The van der Waals surface area contributed by atoms with Crippen molar-refractivity contribution in [2.75, 3.05) is 13.7 Å². The minimum Gasteiger partial charge on any atom is -0.303 e. The van der Waals surface area contributed by atoms with E-state index < -0.39 is 0 Å². The van der Waals surface area contributed by atoms with Crippen molar-refractivity contribution in [3.63, 3.8) is 0 Å². The lowest BCUT2D eigenvalue weighted by Crippen LogP contribution is -2.64. The van der Waals surface area contributed by atoms with E-state index in [4.69, 9.17) is 0 Å². The number of rotatable bonds is 2. The van der Waals surface area contributed by atoms with Crippen molar-refractivity contribution in [2.45, 2.75) is 76.3 Å². The molecule has 0 aromatic heterocycles. The van der Waals surface area contributed by atoms with Crippen LogP contribution in [-0.4, -0.2) is 52.6 Å². The van der Waals surface area contributed by atoms with Gasteiger partial charge >= 0.3 is 12.1 Å². The Morgan fingerprint density at radius 3 is 1.45 bits per heavy atom. The Balaban J connectivity index is 0.00000176. The molecule has 2 aliphatic carbocycles. The summed E-state index contributed by atoms with van der Waals surface area (Å²) < 4.78 is 0. The molecule has 0 radical (unpaired) electrons. The molecule has 0 bridgehead atoms. The second-order valence-electron chi connectivity index (χ2n) is 6.79. The molecule has 0 aromatic rings. The van der Waals surface area contributed by atoms with Crippen LogP contribution in [0.25, 0.3) is 0 Å². The Morgan fingerprint density at radius 2 is 1.09 bits per heavy atom. The first kappa shape index (κ1) is 17.6. The number of nitrogens with zero attached hydrogens (tertiary/aromatic N) is 3. The van der Waals surface area contributed by atoms with Crippen molar-refractivity contribution < 1.29 is 9.59 Å². The second-order valence-corrected chi connectivity index (χ2v) is 6.79. The Hall–Kier alpha value is -0.780. The maximum atomic E-state index is 12.5. The molecule has 1 heterocycles. The van der Waals surface area contributed by atoms with Gasteiger partial charge in [0, 0.05) is 19.1 Å². The van der Waals surface area contributed by atoms with E-state index in [9.17, 15) is 9.59 Å². The molecule has 6 heteroatoms. The molecule has 2 saturated carbocycles. The molecule has 3 rings (SSSR count). The lowest BCUT2D eigenvalue weighted by Gasteiger charge is -2.47. The summed E-state index contributed by atoms with van der Waals surface area (Å²) in [7, 11) is 1.63. The van der Waals surface area contributed by atoms with Gasteiger partial charge in [0.2, 0.25) is 0 Å². The molecular formula is C16H28BrN3O2. The van der Waals surface area contributed by atoms with Gasteiger partial charge < -0.3 is 9.80 Å². The fraction of sp³-hybridized carbons (Fsp3) is 0.875. The van der Waals surface area contributed by atoms with E-state index >= 15 is 0 Å². The summed E-state index contributed by atoms with van der Waals surface area (Å²) in [6, 6.07) is 0.457. The van der Waals surface area contributed by atoms with E-state index in [-0.39, 0.29) is 29.0 Å². The normalized spacial score (nSPS) is 25.4. The third-order valence-corrected chi connectivity index (χ3v) is 5.40. The largest absolute Gasteiger partial charge is 0.329 e. The predicted molar refractivity (Wildman–Crippen MR) is 91.2 cm³/mol. The number of carbonyl (C=O) groups excluding carboxylic acids is 2. The topological polar surface area (TPSA) is 43.9 Å². The summed E-state index contributed by atoms with van der Waals surface area (Å²) in [5.74, 6) is 0. The third-order valence-electron chi connectivity index (χ3n) is 5.40. The van der Waals surface area contributed by atoms with Gasteiger partial charge in [-0.1, -0.05) is 38.5 Å². The highest BCUT2D eigenvalue weighted by molar-refractivity contribution is 8.93. The van der Waals surface area contributed by atoms with Gasteiger partial charge in [-0.3, -0.25) is 0 Å². The van der Waals surface area contributed by atoms with Gasteiger partial charge in [-0.05, 0) is 25.7 Å². The van der Waals surface area contributed by atoms with Crippen molar-refractivity contribution in [1.29, 1.82) is 0 Å². The third kappa shape index (κ3) is 3.42. The molecular weight excluding hydrogens is 346 g/mol. The summed E-state index contributed by atoms with van der Waals surface area (Å²) >= 11 is 0. The van der Waals surface area contributed by atoms with Gasteiger partial charge in [-0.25, -0.2) is 14.5 Å². The minimum absolute atomic E-state index is 0. The average molecular weight is 374 g/mol. The van der Waals surface area contributed by atoms with E-state index in [1.54, 1.807) is 7.05 Å². The Morgan fingerprint density at radius 1 is 0.727 bits per heavy atom. The van der Waals surface area contributed by atoms with E-state index in [1.807, 2.05) is 9.80 Å². The van der Waals surface area contributed by atoms with Crippen LogP contribution in [0.1, 0.15) is 64.2 Å². The van der Waals surface area contributed by atoms with Crippen molar-refractivity contribution in [2.24, 2.45) is 0 Å². The van der Waals surface area contributed by atoms with Crippen LogP contribution in [0, 0.1) is 0 Å². The molecule has 3 aliphatic rings. The zero-order valence-corrected chi connectivity index (χ0v) is 15.2. The van der Waals surface area contributed by atoms with Crippen LogP contribution in [0.5, 0.6) is 0 Å². The van der Waals surface area contributed by atoms with Crippen LogP contribution in [-0.2, 0) is 0 Å². The predicted octanol–water partition coefficient (Wildman–Crippen LogP) is 3.98. The maximum absolute atomic E-state index is 12.5. The average Bonchev–Trinajstić information content (AvgIpc) is 2.55. The number of amides is 4. The molecule has 0 N–H and O–H groups in total. The highest BCUT2D eigenvalue weighted by Crippen LogP contribution is 2.29. The van der Waals surface area contributed by atoms with Crippen molar-refractivity contribution in [1.82, 2.24) is 14.7 Å². The molecule has 0 unspecified atom stereocenters. The SMILES string of the molecule is Br.CN1C(=O)N(C2CCCCC2)CN(C2CCCCC2)C1=O. The molecule has 3 fully saturated rings. The molecule has 1 saturated heterocycles. The molecule has 0 aromatic carbocycles. The first-order chi connectivity index (χ1) is 10.2. The van der Waals surface area contributed by atoms with Crippen molar-refractivity contribution in [3.8, 4) is 0 Å². The standard InChI is InChI=1S/C16H27N3O2.BrH/c1-17-15(20)18(13-8-4-2-5-9-13)12-19(16(17)21)14-10-6-3-7-11-14;/h13-14H,2-12H2,1H3;1H. The zero-order chi connectivity index (χ0) is 14.8. The van der Waals surface area contributed by atoms with E-state index in [0.29, 0.717) is 18.8 Å². The Kier molecular flexibility index (Phi) is 6.12. The fourth-order valence-corrected chi connectivity index (χ4v) is 4.08. The highest BCUT2D eigenvalue weighted by Gasteiger charge is 2.41. The first-order valence-corrected chi connectivity index (χ1v) is 8.53. The van der Waals surface area contributed by atoms with Crippen LogP contribution in [0.4, 0.5) is 9.59 Å². The smallest absolute Gasteiger partial charge is 0.303 e. The van der Waals surface area contributed by atoms with E-state index in [2.05, 4.69) is 0 Å². The summed E-state index contributed by atoms with van der Waals surface area (Å²) in [5, 5.41) is 0. The van der Waals surface area contributed by atoms with Crippen LogP contribution in [0.2, 0.25) is 0 Å². The van der Waals surface area contributed by atoms with Crippen molar-refractivity contribution in [3.05, 3.63) is 0 Å². The molecule has 22 heavy (non-hydrogen) atoms. The van der Waals surface area contributed by atoms with E-state index in [1.165, 1.54) is 43.4 Å². The van der Waals surface area contributed by atoms with Crippen LogP contribution >= 0.6 is 17.0 Å². The minimum atomic E-state index is -0.0982. The summed E-state index contributed by atoms with van der Waals surface area (Å²) in [6.45, 7) is 0.511. The molecule has 1 aliphatic heterocycles. The molecule has 126 valence electrons. The van der Waals surface area contributed by atoms with Crippen LogP contribution < -0.4 is 0 Å². The molecule has 4 amide bonds. The zero-order valence-electron chi connectivity index (χ0n) is 13.5. The number of halogens is 1. The quantitative estimate of drug-likeness (QED) is 0.734. The Labute approximate surface area is 143 Å². The fourth-order valence-electron chi connectivity index (χ4n) is 4.08. The van der Waals surface area contributed by atoms with Crippen molar-refractivity contribution >= 4 is 29.0 Å². The number of hydrogen-bond donors (Lipinski definition) is 0. The molecule has 5 nitrogen and oxygen atoms in total. The van der Waals surface area contributed by atoms with Crippen LogP contribution in [0.15, 0.2) is 0 Å². The number of carbonyl (C=O) groups is 2. The van der Waals surface area contributed by atoms with Gasteiger partial charge in [0.05, 0.1) is 6.67 Å². The van der Waals surface area contributed by atoms with Crippen LogP contribution in [0.3, 0.4) is 0 Å².